The van der Waals surface area contributed by atoms with Gasteiger partial charge in [-0.1, -0.05) is 29.8 Å². The summed E-state index contributed by atoms with van der Waals surface area (Å²) in [6.45, 7) is 3.27. The van der Waals surface area contributed by atoms with E-state index in [-0.39, 0.29) is 5.91 Å². The highest BCUT2D eigenvalue weighted by molar-refractivity contribution is 7.13. The van der Waals surface area contributed by atoms with E-state index in [1.54, 1.807) is 11.3 Å². The van der Waals surface area contributed by atoms with Gasteiger partial charge in [0.25, 0.3) is 0 Å². The van der Waals surface area contributed by atoms with Crippen LogP contribution in [0.5, 0.6) is 0 Å². The normalized spacial score (nSPS) is 10.8. The van der Waals surface area contributed by atoms with Gasteiger partial charge in [-0.2, -0.15) is 5.10 Å². The van der Waals surface area contributed by atoms with Gasteiger partial charge in [0, 0.05) is 23.7 Å². The lowest BCUT2D eigenvalue weighted by Gasteiger charge is -2.07. The average Bonchev–Trinajstić information content (AvgIpc) is 3.23. The second-order valence-corrected chi connectivity index (χ2v) is 7.24. The lowest BCUT2D eigenvalue weighted by Crippen LogP contribution is -2.27. The second kappa shape index (κ2) is 8.32. The molecule has 3 rings (SSSR count). The minimum absolute atomic E-state index is 0.0447. The molecule has 2 heterocycles. The first-order valence-corrected chi connectivity index (χ1v) is 9.47. The Labute approximate surface area is 156 Å². The van der Waals surface area contributed by atoms with Crippen molar-refractivity contribution >= 4 is 28.8 Å². The Morgan fingerprint density at radius 1 is 1.28 bits per heavy atom. The maximum absolute atomic E-state index is 12.0. The molecule has 1 aromatic carbocycles. The number of amides is 1. The third-order valence-electron chi connectivity index (χ3n) is 3.93. The molecule has 0 aliphatic carbocycles. The summed E-state index contributed by atoms with van der Waals surface area (Å²) in [5.74, 6) is 0.0447. The number of hydrogen-bond donors (Lipinski definition) is 1. The minimum Gasteiger partial charge on any atom is -0.354 e. The van der Waals surface area contributed by atoms with Crippen molar-refractivity contribution in [2.75, 3.05) is 6.54 Å². The summed E-state index contributed by atoms with van der Waals surface area (Å²) >= 11 is 7.63. The van der Waals surface area contributed by atoms with Crippen LogP contribution >= 0.6 is 22.9 Å². The van der Waals surface area contributed by atoms with Gasteiger partial charge in [-0.3, -0.25) is 9.48 Å². The molecule has 0 spiro atoms. The Morgan fingerprint density at radius 3 is 2.92 bits per heavy atom. The molecule has 1 N–H and O–H groups in total. The van der Waals surface area contributed by atoms with Crippen LogP contribution in [0.15, 0.2) is 47.8 Å². The Balaban J connectivity index is 1.45. The first-order chi connectivity index (χ1) is 12.1. The van der Waals surface area contributed by atoms with E-state index in [4.69, 9.17) is 11.6 Å². The molecule has 4 nitrogen and oxygen atoms in total. The topological polar surface area (TPSA) is 46.9 Å². The van der Waals surface area contributed by atoms with Crippen molar-refractivity contribution < 1.29 is 4.79 Å². The molecule has 3 aromatic rings. The predicted octanol–water partition coefficient (Wildman–Crippen LogP) is 4.32. The highest BCUT2D eigenvalue weighted by Gasteiger charge is 2.08. The van der Waals surface area contributed by atoms with Crippen molar-refractivity contribution in [3.63, 3.8) is 0 Å². The fourth-order valence-corrected chi connectivity index (χ4v) is 3.52. The van der Waals surface area contributed by atoms with Crippen LogP contribution in [0.2, 0.25) is 5.02 Å². The molecule has 0 bridgehead atoms. The lowest BCUT2D eigenvalue weighted by atomic mass is 10.1. The van der Waals surface area contributed by atoms with Gasteiger partial charge in [-0.15, -0.1) is 11.3 Å². The van der Waals surface area contributed by atoms with Crippen molar-refractivity contribution in [1.29, 1.82) is 0 Å². The van der Waals surface area contributed by atoms with Crippen LogP contribution in [-0.2, 0) is 17.8 Å². The van der Waals surface area contributed by atoms with E-state index in [9.17, 15) is 4.79 Å². The minimum atomic E-state index is 0.0447. The molecule has 0 saturated heterocycles. The van der Waals surface area contributed by atoms with Crippen LogP contribution in [0.1, 0.15) is 17.7 Å². The molecule has 0 atom stereocenters. The maximum atomic E-state index is 12.0. The fourth-order valence-electron chi connectivity index (χ4n) is 2.62. The monoisotopic (exact) mass is 373 g/mol. The maximum Gasteiger partial charge on any atom is 0.220 e. The molecule has 0 aliphatic rings. The molecule has 0 aliphatic heterocycles. The van der Waals surface area contributed by atoms with E-state index in [1.807, 2.05) is 47.3 Å². The van der Waals surface area contributed by atoms with Crippen LogP contribution in [0.3, 0.4) is 0 Å². The number of hydrogen-bond acceptors (Lipinski definition) is 3. The van der Waals surface area contributed by atoms with E-state index in [1.165, 1.54) is 0 Å². The zero-order valence-corrected chi connectivity index (χ0v) is 15.6. The summed E-state index contributed by atoms with van der Waals surface area (Å²) in [5.41, 5.74) is 3.16. The SMILES string of the molecule is Cc1cc(-c2cccs2)nn1CCNC(=O)CCc1cccc(Cl)c1. The zero-order valence-electron chi connectivity index (χ0n) is 14.0. The molecule has 1 amide bonds. The van der Waals surface area contributed by atoms with Crippen molar-refractivity contribution in [2.45, 2.75) is 26.3 Å². The van der Waals surface area contributed by atoms with Gasteiger partial charge in [0.15, 0.2) is 0 Å². The largest absolute Gasteiger partial charge is 0.354 e. The number of halogens is 1. The van der Waals surface area contributed by atoms with E-state index < -0.39 is 0 Å². The summed E-state index contributed by atoms with van der Waals surface area (Å²) in [4.78, 5) is 13.2. The quantitative estimate of drug-likeness (QED) is 0.670. The molecule has 0 radical (unpaired) electrons. The van der Waals surface area contributed by atoms with E-state index >= 15 is 0 Å². The molecule has 6 heteroatoms. The van der Waals surface area contributed by atoms with Crippen LogP contribution in [0.4, 0.5) is 0 Å². The van der Waals surface area contributed by atoms with Gasteiger partial charge < -0.3 is 5.32 Å². The Kier molecular flexibility index (Phi) is 5.89. The molecular weight excluding hydrogens is 354 g/mol. The predicted molar refractivity (Wildman–Crippen MR) is 103 cm³/mol. The highest BCUT2D eigenvalue weighted by Crippen LogP contribution is 2.23. The molecule has 25 heavy (non-hydrogen) atoms. The van der Waals surface area contributed by atoms with E-state index in [2.05, 4.69) is 22.5 Å². The molecule has 0 fully saturated rings. The Hall–Kier alpha value is -2.11. The zero-order chi connectivity index (χ0) is 17.6. The van der Waals surface area contributed by atoms with Crippen LogP contribution in [0.25, 0.3) is 10.6 Å². The summed E-state index contributed by atoms with van der Waals surface area (Å²) < 4.78 is 1.94. The lowest BCUT2D eigenvalue weighted by molar-refractivity contribution is -0.121. The van der Waals surface area contributed by atoms with Crippen molar-refractivity contribution in [2.24, 2.45) is 0 Å². The van der Waals surface area contributed by atoms with Crippen molar-refractivity contribution in [1.82, 2.24) is 15.1 Å². The summed E-state index contributed by atoms with van der Waals surface area (Å²) in [5, 5.41) is 10.3. The number of nitrogens with zero attached hydrogens (tertiary/aromatic N) is 2. The number of rotatable bonds is 7. The molecule has 0 saturated carbocycles. The Bertz CT molecular complexity index is 842. The van der Waals surface area contributed by atoms with Gasteiger partial charge >= 0.3 is 0 Å². The third-order valence-corrected chi connectivity index (χ3v) is 5.06. The van der Waals surface area contributed by atoms with E-state index in [0.717, 1.165) is 21.8 Å². The van der Waals surface area contributed by atoms with Crippen LogP contribution in [-0.4, -0.2) is 22.2 Å². The fraction of sp³-hybridized carbons (Fsp3) is 0.263. The van der Waals surface area contributed by atoms with Crippen LogP contribution < -0.4 is 5.32 Å². The number of carbonyl (C=O) groups excluding carboxylic acids is 1. The molecule has 130 valence electrons. The van der Waals surface area contributed by atoms with Gasteiger partial charge in [-0.05, 0) is 48.6 Å². The summed E-state index contributed by atoms with van der Waals surface area (Å²) in [6, 6.07) is 13.8. The highest BCUT2D eigenvalue weighted by atomic mass is 35.5. The average molecular weight is 374 g/mol. The first kappa shape index (κ1) is 17.7. The Morgan fingerprint density at radius 2 is 2.16 bits per heavy atom. The number of benzene rings is 1. The molecule has 2 aromatic heterocycles. The molecular formula is C19H20ClN3OS. The summed E-state index contributed by atoms with van der Waals surface area (Å²) in [7, 11) is 0. The second-order valence-electron chi connectivity index (χ2n) is 5.85. The van der Waals surface area contributed by atoms with Crippen molar-refractivity contribution in [3.05, 3.63) is 64.1 Å². The number of aromatic nitrogens is 2. The van der Waals surface area contributed by atoms with Gasteiger partial charge in [-0.25, -0.2) is 0 Å². The first-order valence-electron chi connectivity index (χ1n) is 8.21. The van der Waals surface area contributed by atoms with E-state index in [0.29, 0.717) is 31.0 Å². The number of carbonyl (C=O) groups is 1. The number of nitrogens with one attached hydrogen (secondary N) is 1. The summed E-state index contributed by atoms with van der Waals surface area (Å²) in [6.07, 6.45) is 1.15. The van der Waals surface area contributed by atoms with Gasteiger partial charge in [0.05, 0.1) is 11.4 Å². The van der Waals surface area contributed by atoms with Crippen LogP contribution in [0, 0.1) is 6.92 Å². The third kappa shape index (κ3) is 4.94. The standard InChI is InChI=1S/C19H20ClN3OS/c1-14-12-17(18-6-3-11-25-18)22-23(14)10-9-21-19(24)8-7-15-4-2-5-16(20)13-15/h2-6,11-13H,7-10H2,1H3,(H,21,24). The number of thiophene rings is 1. The van der Waals surface area contributed by atoms with Gasteiger partial charge in [0.2, 0.25) is 5.91 Å². The smallest absolute Gasteiger partial charge is 0.220 e. The van der Waals surface area contributed by atoms with Gasteiger partial charge in [0.1, 0.15) is 5.69 Å². The molecule has 0 unspecified atom stereocenters. The number of aryl methyl sites for hydroxylation is 2. The van der Waals surface area contributed by atoms with Crippen molar-refractivity contribution in [3.8, 4) is 10.6 Å².